The van der Waals surface area contributed by atoms with E-state index in [9.17, 15) is 4.79 Å². The van der Waals surface area contributed by atoms with Gasteiger partial charge in [-0.05, 0) is 26.0 Å². The maximum atomic E-state index is 12.9. The van der Waals surface area contributed by atoms with Gasteiger partial charge in [0.25, 0.3) is 5.91 Å². The first-order valence-corrected chi connectivity index (χ1v) is 7.86. The molecule has 5 heteroatoms. The largest absolute Gasteiger partial charge is 0.384 e. The summed E-state index contributed by atoms with van der Waals surface area (Å²) in [5.74, 6) is 0.223. The molecule has 1 aromatic heterocycles. The Balaban J connectivity index is 1.90. The van der Waals surface area contributed by atoms with E-state index < -0.39 is 0 Å². The molecule has 3 rings (SSSR count). The molecule has 0 saturated heterocycles. The second kappa shape index (κ2) is 6.16. The summed E-state index contributed by atoms with van der Waals surface area (Å²) in [4.78, 5) is 19.3. The molecule has 1 aliphatic rings. The van der Waals surface area contributed by atoms with Gasteiger partial charge in [0.15, 0.2) is 0 Å². The molecule has 0 N–H and O–H groups in total. The van der Waals surface area contributed by atoms with Crippen LogP contribution in [0.1, 0.15) is 38.8 Å². The van der Waals surface area contributed by atoms with Crippen molar-refractivity contribution in [3.63, 3.8) is 0 Å². The van der Waals surface area contributed by atoms with Gasteiger partial charge < -0.3 is 14.2 Å². The molecule has 1 aromatic carbocycles. The number of imidazole rings is 1. The minimum Gasteiger partial charge on any atom is -0.384 e. The van der Waals surface area contributed by atoms with Gasteiger partial charge in [-0.2, -0.15) is 0 Å². The molecule has 1 unspecified atom stereocenters. The summed E-state index contributed by atoms with van der Waals surface area (Å²) in [7, 11) is 3.69. The molecule has 2 aromatic rings. The highest BCUT2D eigenvalue weighted by Gasteiger charge is 2.31. The van der Waals surface area contributed by atoms with E-state index in [0.717, 1.165) is 22.4 Å². The molecular weight excluding hydrogens is 290 g/mol. The van der Waals surface area contributed by atoms with Crippen molar-refractivity contribution >= 4 is 5.91 Å². The van der Waals surface area contributed by atoms with Crippen LogP contribution in [0.4, 0.5) is 0 Å². The van der Waals surface area contributed by atoms with Crippen molar-refractivity contribution < 1.29 is 9.53 Å². The molecule has 0 spiro atoms. The minimum atomic E-state index is 0.0641. The topological polar surface area (TPSA) is 47.4 Å². The zero-order valence-electron chi connectivity index (χ0n) is 14.2. The Morgan fingerprint density at radius 1 is 1.30 bits per heavy atom. The van der Waals surface area contributed by atoms with E-state index in [2.05, 4.69) is 11.1 Å². The summed E-state index contributed by atoms with van der Waals surface area (Å²) in [5, 5.41) is 0. The number of hydrogen-bond acceptors (Lipinski definition) is 3. The number of rotatable bonds is 3. The number of carbonyl (C=O) groups excluding carboxylic acids is 1. The van der Waals surface area contributed by atoms with Crippen molar-refractivity contribution in [2.45, 2.75) is 26.3 Å². The number of nitrogens with zero attached hydrogens (tertiary/aromatic N) is 3. The van der Waals surface area contributed by atoms with Crippen molar-refractivity contribution in [1.29, 1.82) is 0 Å². The fraction of sp³-hybridized carbons (Fsp3) is 0.444. The molecule has 1 amide bonds. The zero-order valence-corrected chi connectivity index (χ0v) is 14.2. The molecule has 122 valence electrons. The van der Waals surface area contributed by atoms with E-state index in [-0.39, 0.29) is 11.8 Å². The maximum absolute atomic E-state index is 12.9. The van der Waals surface area contributed by atoms with E-state index >= 15 is 0 Å². The number of methoxy groups -OCH3 is 1. The lowest BCUT2D eigenvalue weighted by Gasteiger charge is -2.32. The number of aromatic nitrogens is 2. The van der Waals surface area contributed by atoms with Gasteiger partial charge in [-0.3, -0.25) is 4.79 Å². The van der Waals surface area contributed by atoms with Crippen LogP contribution < -0.4 is 0 Å². The van der Waals surface area contributed by atoms with Crippen LogP contribution in [0.15, 0.2) is 24.5 Å². The first-order chi connectivity index (χ1) is 11.0. The van der Waals surface area contributed by atoms with E-state index in [4.69, 9.17) is 4.74 Å². The molecule has 2 heterocycles. The minimum absolute atomic E-state index is 0.0641. The Bertz CT molecular complexity index is 716. The van der Waals surface area contributed by atoms with Crippen molar-refractivity contribution in [2.24, 2.45) is 7.05 Å². The van der Waals surface area contributed by atoms with Crippen LogP contribution in [0.2, 0.25) is 0 Å². The Morgan fingerprint density at radius 2 is 2.00 bits per heavy atom. The molecule has 23 heavy (non-hydrogen) atoms. The molecule has 0 aliphatic carbocycles. The summed E-state index contributed by atoms with van der Waals surface area (Å²) < 4.78 is 7.39. The highest BCUT2D eigenvalue weighted by Crippen LogP contribution is 2.28. The highest BCUT2D eigenvalue weighted by atomic mass is 16.5. The Kier molecular flexibility index (Phi) is 4.22. The standard InChI is InChI=1S/C18H23N3O2/c1-12-5-13(2)7-14(6-12)18(22)21-8-15(10-23-4)17-16(9-21)19-11-20(17)3/h5-7,11,15H,8-10H2,1-4H3. The lowest BCUT2D eigenvalue weighted by atomic mass is 9.97. The van der Waals surface area contributed by atoms with Gasteiger partial charge >= 0.3 is 0 Å². The molecule has 1 aliphatic heterocycles. The van der Waals surface area contributed by atoms with Crippen LogP contribution in [0.5, 0.6) is 0 Å². The molecule has 0 radical (unpaired) electrons. The normalized spacial score (nSPS) is 17.2. The number of amides is 1. The highest BCUT2D eigenvalue weighted by molar-refractivity contribution is 5.94. The van der Waals surface area contributed by atoms with Crippen LogP contribution in [0.3, 0.4) is 0 Å². The molecule has 0 fully saturated rings. The first kappa shape index (κ1) is 15.7. The fourth-order valence-corrected chi connectivity index (χ4v) is 3.50. The van der Waals surface area contributed by atoms with Crippen molar-refractivity contribution in [2.75, 3.05) is 20.3 Å². The van der Waals surface area contributed by atoms with Gasteiger partial charge in [-0.1, -0.05) is 17.2 Å². The van der Waals surface area contributed by atoms with Gasteiger partial charge in [-0.25, -0.2) is 4.98 Å². The Hall–Kier alpha value is -2.14. The molecule has 0 saturated carbocycles. The van der Waals surface area contributed by atoms with Gasteiger partial charge in [-0.15, -0.1) is 0 Å². The smallest absolute Gasteiger partial charge is 0.254 e. The summed E-state index contributed by atoms with van der Waals surface area (Å²) in [5.41, 5.74) is 5.11. The third-order valence-electron chi connectivity index (χ3n) is 4.35. The quantitative estimate of drug-likeness (QED) is 0.874. The predicted octanol–water partition coefficient (Wildman–Crippen LogP) is 2.42. The van der Waals surface area contributed by atoms with Crippen molar-refractivity contribution in [3.05, 3.63) is 52.6 Å². The Labute approximate surface area is 136 Å². The van der Waals surface area contributed by atoms with E-state index in [0.29, 0.717) is 19.7 Å². The summed E-state index contributed by atoms with van der Waals surface area (Å²) >= 11 is 0. The van der Waals surface area contributed by atoms with Crippen LogP contribution in [0.25, 0.3) is 0 Å². The summed E-state index contributed by atoms with van der Waals surface area (Å²) in [6.45, 7) is 5.84. The van der Waals surface area contributed by atoms with Gasteiger partial charge in [0, 0.05) is 37.9 Å². The first-order valence-electron chi connectivity index (χ1n) is 7.86. The molecule has 5 nitrogen and oxygen atoms in total. The third-order valence-corrected chi connectivity index (χ3v) is 4.35. The molecule has 1 atom stereocenters. The van der Waals surface area contributed by atoms with Crippen LogP contribution in [-0.2, 0) is 18.3 Å². The number of benzene rings is 1. The number of aryl methyl sites for hydroxylation is 3. The van der Waals surface area contributed by atoms with E-state index in [1.54, 1.807) is 7.11 Å². The zero-order chi connectivity index (χ0) is 16.6. The maximum Gasteiger partial charge on any atom is 0.254 e. The van der Waals surface area contributed by atoms with E-state index in [1.807, 2.05) is 48.8 Å². The third kappa shape index (κ3) is 3.01. The number of ether oxygens (including phenoxy) is 1. The van der Waals surface area contributed by atoms with Gasteiger partial charge in [0.2, 0.25) is 0 Å². The average Bonchev–Trinajstić information content (AvgIpc) is 2.87. The monoisotopic (exact) mass is 313 g/mol. The average molecular weight is 313 g/mol. The number of carbonyl (C=O) groups is 1. The van der Waals surface area contributed by atoms with Gasteiger partial charge in [0.1, 0.15) is 0 Å². The molecular formula is C18H23N3O2. The lowest BCUT2D eigenvalue weighted by molar-refractivity contribution is 0.0673. The van der Waals surface area contributed by atoms with E-state index in [1.165, 1.54) is 5.69 Å². The Morgan fingerprint density at radius 3 is 2.65 bits per heavy atom. The fourth-order valence-electron chi connectivity index (χ4n) is 3.50. The second-order valence-electron chi connectivity index (χ2n) is 6.40. The predicted molar refractivity (Wildman–Crippen MR) is 88.5 cm³/mol. The SMILES string of the molecule is COCC1CN(C(=O)c2cc(C)cc(C)c2)Cc2ncn(C)c21. The summed E-state index contributed by atoms with van der Waals surface area (Å²) in [6.07, 6.45) is 1.82. The van der Waals surface area contributed by atoms with Gasteiger partial charge in [0.05, 0.1) is 25.2 Å². The van der Waals surface area contributed by atoms with Crippen molar-refractivity contribution in [3.8, 4) is 0 Å². The number of fused-ring (bicyclic) bond motifs is 1. The second-order valence-corrected chi connectivity index (χ2v) is 6.40. The van der Waals surface area contributed by atoms with Crippen LogP contribution in [0, 0.1) is 13.8 Å². The number of hydrogen-bond donors (Lipinski definition) is 0. The van der Waals surface area contributed by atoms with Crippen LogP contribution >= 0.6 is 0 Å². The lowest BCUT2D eigenvalue weighted by Crippen LogP contribution is -2.40. The van der Waals surface area contributed by atoms with Crippen LogP contribution in [-0.4, -0.2) is 40.6 Å². The molecule has 0 bridgehead atoms. The van der Waals surface area contributed by atoms with Crippen molar-refractivity contribution in [1.82, 2.24) is 14.5 Å². The summed E-state index contributed by atoms with van der Waals surface area (Å²) in [6, 6.07) is 5.99.